The number of amides is 1. The molecule has 88 valence electrons. The summed E-state index contributed by atoms with van der Waals surface area (Å²) in [5.41, 5.74) is 0.464. The second-order valence-electron chi connectivity index (χ2n) is 4.29. The van der Waals surface area contributed by atoms with Crippen LogP contribution in [0.4, 0.5) is 0 Å². The number of carbonyl (C=O) groups excluding carboxylic acids is 1. The van der Waals surface area contributed by atoms with Crippen LogP contribution < -0.4 is 5.32 Å². The van der Waals surface area contributed by atoms with Gasteiger partial charge in [-0.1, -0.05) is 6.42 Å². The van der Waals surface area contributed by atoms with Gasteiger partial charge in [-0.25, -0.2) is 0 Å². The summed E-state index contributed by atoms with van der Waals surface area (Å²) in [6, 6.07) is 1.71. The van der Waals surface area contributed by atoms with E-state index >= 15 is 0 Å². The Morgan fingerprint density at radius 1 is 1.69 bits per heavy atom. The molecule has 1 N–H and O–H groups in total. The minimum absolute atomic E-state index is 0.114. The largest absolute Gasteiger partial charge is 0.350 e. The van der Waals surface area contributed by atoms with Crippen LogP contribution in [0.1, 0.15) is 29.8 Å². The molecule has 0 spiro atoms. The predicted molar refractivity (Wildman–Crippen MR) is 62.5 cm³/mol. The predicted octanol–water partition coefficient (Wildman–Crippen LogP) is 1.56. The lowest BCUT2D eigenvalue weighted by atomic mass is 10.1. The molecule has 5 heteroatoms. The van der Waals surface area contributed by atoms with Crippen molar-refractivity contribution in [3.8, 4) is 0 Å². The van der Waals surface area contributed by atoms with Crippen molar-refractivity contribution in [2.45, 2.75) is 24.6 Å². The van der Waals surface area contributed by atoms with Crippen molar-refractivity contribution in [1.29, 1.82) is 0 Å². The molecule has 0 saturated heterocycles. The number of halogens is 1. The van der Waals surface area contributed by atoms with Crippen LogP contribution in [0.5, 0.6) is 0 Å². The molecule has 0 aromatic carbocycles. The highest BCUT2D eigenvalue weighted by Crippen LogP contribution is 2.29. The molecule has 1 saturated carbocycles. The fraction of sp³-hybridized carbons (Fsp3) is 0.636. The molecule has 4 nitrogen and oxygen atoms in total. The Labute approximate surface area is 100.0 Å². The van der Waals surface area contributed by atoms with E-state index in [9.17, 15) is 4.79 Å². The Hall–Kier alpha value is -1.03. The molecular formula is C11H16ClN3O. The van der Waals surface area contributed by atoms with E-state index in [1.165, 1.54) is 0 Å². The van der Waals surface area contributed by atoms with E-state index in [1.807, 2.05) is 0 Å². The number of aryl methyl sites for hydroxylation is 1. The van der Waals surface area contributed by atoms with Gasteiger partial charge in [0.25, 0.3) is 5.91 Å². The molecule has 1 amide bonds. The van der Waals surface area contributed by atoms with Crippen LogP contribution in [0.2, 0.25) is 0 Å². The summed E-state index contributed by atoms with van der Waals surface area (Å²) in [6.45, 7) is 0.656. The normalized spacial score (nSPS) is 24.6. The molecule has 2 unspecified atom stereocenters. The van der Waals surface area contributed by atoms with Gasteiger partial charge in [0.1, 0.15) is 5.69 Å². The lowest BCUT2D eigenvalue weighted by Crippen LogP contribution is -2.31. The molecule has 0 bridgehead atoms. The van der Waals surface area contributed by atoms with Crippen LogP contribution in [0.3, 0.4) is 0 Å². The molecule has 1 aliphatic rings. The third-order valence-corrected chi connectivity index (χ3v) is 3.61. The van der Waals surface area contributed by atoms with Gasteiger partial charge in [-0.15, -0.1) is 11.6 Å². The summed E-state index contributed by atoms with van der Waals surface area (Å²) in [5.74, 6) is 0.297. The van der Waals surface area contributed by atoms with Gasteiger partial charge in [-0.2, -0.15) is 5.10 Å². The minimum Gasteiger partial charge on any atom is -0.350 e. The van der Waals surface area contributed by atoms with Gasteiger partial charge in [0, 0.05) is 25.2 Å². The summed E-state index contributed by atoms with van der Waals surface area (Å²) >= 11 is 6.14. The molecule has 1 aromatic rings. The number of carbonyl (C=O) groups is 1. The zero-order valence-corrected chi connectivity index (χ0v) is 10.1. The van der Waals surface area contributed by atoms with Crippen molar-refractivity contribution in [2.75, 3.05) is 6.54 Å². The van der Waals surface area contributed by atoms with E-state index in [0.29, 0.717) is 18.2 Å². The highest BCUT2D eigenvalue weighted by molar-refractivity contribution is 6.21. The van der Waals surface area contributed by atoms with Crippen molar-refractivity contribution in [1.82, 2.24) is 15.1 Å². The molecule has 2 rings (SSSR count). The first-order valence-corrected chi connectivity index (χ1v) is 6.02. The number of nitrogens with one attached hydrogen (secondary N) is 1. The zero-order valence-electron chi connectivity index (χ0n) is 9.32. The molecule has 0 aliphatic heterocycles. The van der Waals surface area contributed by atoms with E-state index < -0.39 is 0 Å². The minimum atomic E-state index is -0.114. The highest BCUT2D eigenvalue weighted by Gasteiger charge is 2.25. The number of hydrogen-bond donors (Lipinski definition) is 1. The van der Waals surface area contributed by atoms with E-state index in [2.05, 4.69) is 10.4 Å². The lowest BCUT2D eigenvalue weighted by molar-refractivity contribution is 0.0942. The van der Waals surface area contributed by atoms with Crippen molar-refractivity contribution in [3.05, 3.63) is 18.0 Å². The maximum absolute atomic E-state index is 11.7. The van der Waals surface area contributed by atoms with Crippen LogP contribution in [0, 0.1) is 5.92 Å². The fourth-order valence-electron chi connectivity index (χ4n) is 2.07. The van der Waals surface area contributed by atoms with Crippen LogP contribution in [0.15, 0.2) is 12.3 Å². The SMILES string of the molecule is Cn1ccc(C(=O)NCC2CCCC2Cl)n1. The summed E-state index contributed by atoms with van der Waals surface area (Å²) in [5, 5.41) is 7.14. The first-order chi connectivity index (χ1) is 7.66. The number of aromatic nitrogens is 2. The van der Waals surface area contributed by atoms with Gasteiger partial charge in [-0.3, -0.25) is 9.48 Å². The first kappa shape index (κ1) is 11.5. The Morgan fingerprint density at radius 3 is 3.06 bits per heavy atom. The van der Waals surface area contributed by atoms with Crippen LogP contribution in [-0.2, 0) is 7.05 Å². The van der Waals surface area contributed by atoms with Crippen molar-refractivity contribution >= 4 is 17.5 Å². The van der Waals surface area contributed by atoms with Crippen LogP contribution in [0.25, 0.3) is 0 Å². The third-order valence-electron chi connectivity index (χ3n) is 3.04. The van der Waals surface area contributed by atoms with Crippen molar-refractivity contribution < 1.29 is 4.79 Å². The van der Waals surface area contributed by atoms with E-state index in [1.54, 1.807) is 24.0 Å². The summed E-state index contributed by atoms with van der Waals surface area (Å²) in [6.07, 6.45) is 5.09. The monoisotopic (exact) mass is 241 g/mol. The maximum atomic E-state index is 11.7. The van der Waals surface area contributed by atoms with Gasteiger partial charge >= 0.3 is 0 Å². The van der Waals surface area contributed by atoms with Gasteiger partial charge in [0.2, 0.25) is 0 Å². The number of rotatable bonds is 3. The molecule has 1 fully saturated rings. The molecule has 16 heavy (non-hydrogen) atoms. The summed E-state index contributed by atoms with van der Waals surface area (Å²) in [4.78, 5) is 11.7. The third kappa shape index (κ3) is 2.55. The average molecular weight is 242 g/mol. The Morgan fingerprint density at radius 2 is 2.50 bits per heavy atom. The van der Waals surface area contributed by atoms with Crippen molar-refractivity contribution in [2.24, 2.45) is 13.0 Å². The number of nitrogens with zero attached hydrogens (tertiary/aromatic N) is 2. The van der Waals surface area contributed by atoms with Crippen LogP contribution >= 0.6 is 11.6 Å². The van der Waals surface area contributed by atoms with Crippen molar-refractivity contribution in [3.63, 3.8) is 0 Å². The highest BCUT2D eigenvalue weighted by atomic mass is 35.5. The lowest BCUT2D eigenvalue weighted by Gasteiger charge is -2.13. The first-order valence-electron chi connectivity index (χ1n) is 5.59. The summed E-state index contributed by atoms with van der Waals surface area (Å²) in [7, 11) is 1.79. The quantitative estimate of drug-likeness (QED) is 0.817. The Balaban J connectivity index is 1.84. The molecular weight excluding hydrogens is 226 g/mol. The Bertz CT molecular complexity index is 377. The second-order valence-corrected chi connectivity index (χ2v) is 4.85. The van der Waals surface area contributed by atoms with Crippen LogP contribution in [-0.4, -0.2) is 27.6 Å². The van der Waals surface area contributed by atoms with Gasteiger partial charge in [0.05, 0.1) is 0 Å². The topological polar surface area (TPSA) is 46.9 Å². The smallest absolute Gasteiger partial charge is 0.271 e. The van der Waals surface area contributed by atoms with Gasteiger partial charge < -0.3 is 5.32 Å². The van der Waals surface area contributed by atoms with E-state index in [4.69, 9.17) is 11.6 Å². The fourth-order valence-corrected chi connectivity index (χ4v) is 2.44. The van der Waals surface area contributed by atoms with Gasteiger partial charge in [0.15, 0.2) is 0 Å². The standard InChI is InChI=1S/C11H16ClN3O/c1-15-6-5-10(14-15)11(16)13-7-8-3-2-4-9(8)12/h5-6,8-9H,2-4,7H2,1H3,(H,13,16). The van der Waals surface area contributed by atoms with Gasteiger partial charge in [-0.05, 0) is 24.8 Å². The summed E-state index contributed by atoms with van der Waals surface area (Å²) < 4.78 is 1.62. The molecule has 0 radical (unpaired) electrons. The maximum Gasteiger partial charge on any atom is 0.271 e. The second kappa shape index (κ2) is 4.87. The Kier molecular flexibility index (Phi) is 3.49. The number of alkyl halides is 1. The molecule has 1 heterocycles. The molecule has 2 atom stereocenters. The molecule has 1 aromatic heterocycles. The van der Waals surface area contributed by atoms with E-state index in [-0.39, 0.29) is 11.3 Å². The number of hydrogen-bond acceptors (Lipinski definition) is 2. The average Bonchev–Trinajstić information content (AvgIpc) is 2.84. The molecule has 1 aliphatic carbocycles. The zero-order chi connectivity index (χ0) is 11.5. The van der Waals surface area contributed by atoms with E-state index in [0.717, 1.165) is 19.3 Å².